The van der Waals surface area contributed by atoms with Gasteiger partial charge in [-0.2, -0.15) is 0 Å². The Morgan fingerprint density at radius 3 is 2.37 bits per heavy atom. The zero-order chi connectivity index (χ0) is 14.0. The van der Waals surface area contributed by atoms with Gasteiger partial charge >= 0.3 is 5.97 Å². The zero-order valence-electron chi connectivity index (χ0n) is 10.2. The van der Waals surface area contributed by atoms with Gasteiger partial charge in [0.15, 0.2) is 0 Å². The van der Waals surface area contributed by atoms with Crippen LogP contribution in [0.2, 0.25) is 0 Å². The monoisotopic (exact) mass is 263 g/mol. The van der Waals surface area contributed by atoms with E-state index in [1.54, 1.807) is 13.0 Å². The lowest BCUT2D eigenvalue weighted by molar-refractivity contribution is -0.136. The summed E-state index contributed by atoms with van der Waals surface area (Å²) in [6.45, 7) is 1.74. The number of rotatable bonds is 3. The van der Waals surface area contributed by atoms with E-state index in [-0.39, 0.29) is 6.42 Å². The first-order chi connectivity index (χ1) is 8.95. The summed E-state index contributed by atoms with van der Waals surface area (Å²) in [7, 11) is 0. The van der Waals surface area contributed by atoms with Crippen molar-refractivity contribution in [2.45, 2.75) is 13.3 Å². The molecule has 0 amide bonds. The Bertz CT molecular complexity index is 621. The summed E-state index contributed by atoms with van der Waals surface area (Å²) in [5, 5.41) is 8.72. The number of halogens is 2. The van der Waals surface area contributed by atoms with Crippen LogP contribution < -0.4 is 0 Å². The highest BCUT2D eigenvalue weighted by Gasteiger charge is 2.09. The molecule has 0 saturated carbocycles. The molecule has 1 N–H and O–H groups in total. The minimum Gasteiger partial charge on any atom is -0.481 e. The Labute approximate surface area is 108 Å². The quantitative estimate of drug-likeness (QED) is 0.926. The van der Waals surface area contributed by atoms with Crippen LogP contribution in [0.3, 0.4) is 0 Å². The largest absolute Gasteiger partial charge is 0.481 e. The van der Waals surface area contributed by atoms with Crippen molar-refractivity contribution in [2.75, 3.05) is 0 Å². The molecule has 1 aromatic carbocycles. The van der Waals surface area contributed by atoms with Crippen molar-refractivity contribution < 1.29 is 18.7 Å². The van der Waals surface area contributed by atoms with Crippen molar-refractivity contribution >= 4 is 5.97 Å². The van der Waals surface area contributed by atoms with E-state index in [1.807, 2.05) is 0 Å². The highest BCUT2D eigenvalue weighted by molar-refractivity contribution is 5.71. The zero-order valence-corrected chi connectivity index (χ0v) is 10.2. The maximum absolute atomic E-state index is 13.1. The second-order valence-electron chi connectivity index (χ2n) is 4.22. The number of aryl methyl sites for hydroxylation is 1. The molecule has 0 aliphatic heterocycles. The Morgan fingerprint density at radius 2 is 1.84 bits per heavy atom. The van der Waals surface area contributed by atoms with Crippen molar-refractivity contribution in [3.05, 3.63) is 53.2 Å². The number of carboxylic acids is 1. The second-order valence-corrected chi connectivity index (χ2v) is 4.22. The smallest absolute Gasteiger partial charge is 0.307 e. The van der Waals surface area contributed by atoms with Crippen LogP contribution in [-0.4, -0.2) is 16.1 Å². The van der Waals surface area contributed by atoms with E-state index in [1.165, 1.54) is 18.3 Å². The molecular weight excluding hydrogens is 252 g/mol. The van der Waals surface area contributed by atoms with Gasteiger partial charge in [0.1, 0.15) is 11.6 Å². The van der Waals surface area contributed by atoms with Gasteiger partial charge in [0, 0.05) is 17.8 Å². The molecule has 1 aromatic heterocycles. The maximum atomic E-state index is 13.1. The Balaban J connectivity index is 2.41. The molecule has 0 fully saturated rings. The van der Waals surface area contributed by atoms with Crippen LogP contribution in [0, 0.1) is 18.6 Å². The molecule has 0 radical (unpaired) electrons. The minimum absolute atomic E-state index is 0.128. The standard InChI is InChI=1S/C14H11F2NO2/c1-8-2-13(17-7-10(8)5-14(18)19)9-3-11(15)6-12(16)4-9/h2-4,6-7H,5H2,1H3,(H,18,19). The van der Waals surface area contributed by atoms with Gasteiger partial charge < -0.3 is 5.11 Å². The van der Waals surface area contributed by atoms with Gasteiger partial charge in [-0.3, -0.25) is 9.78 Å². The third-order valence-electron chi connectivity index (χ3n) is 2.72. The van der Waals surface area contributed by atoms with Crippen LogP contribution in [-0.2, 0) is 11.2 Å². The molecule has 0 atom stereocenters. The molecule has 0 unspecified atom stereocenters. The summed E-state index contributed by atoms with van der Waals surface area (Å²) < 4.78 is 26.2. The van der Waals surface area contributed by atoms with E-state index in [4.69, 9.17) is 5.11 Å². The fourth-order valence-electron chi connectivity index (χ4n) is 1.79. The van der Waals surface area contributed by atoms with Gasteiger partial charge in [-0.25, -0.2) is 8.78 Å². The Hall–Kier alpha value is -2.30. The Morgan fingerprint density at radius 1 is 1.21 bits per heavy atom. The number of benzene rings is 1. The molecule has 0 aliphatic carbocycles. The predicted octanol–water partition coefficient (Wildman–Crippen LogP) is 2.96. The van der Waals surface area contributed by atoms with Crippen molar-refractivity contribution in [2.24, 2.45) is 0 Å². The van der Waals surface area contributed by atoms with Gasteiger partial charge in [0.25, 0.3) is 0 Å². The summed E-state index contributed by atoms with van der Waals surface area (Å²) in [5.74, 6) is -2.30. The summed E-state index contributed by atoms with van der Waals surface area (Å²) in [6, 6.07) is 4.77. The number of aliphatic carboxylic acids is 1. The lowest BCUT2D eigenvalue weighted by Gasteiger charge is -2.06. The van der Waals surface area contributed by atoms with E-state index in [2.05, 4.69) is 4.98 Å². The molecule has 0 spiro atoms. The number of carboxylic acid groups (broad SMARTS) is 1. The summed E-state index contributed by atoms with van der Waals surface area (Å²) in [6.07, 6.45) is 1.29. The molecule has 1 heterocycles. The van der Waals surface area contributed by atoms with Gasteiger partial charge in [0.05, 0.1) is 12.1 Å². The Kier molecular flexibility index (Phi) is 3.55. The first-order valence-corrected chi connectivity index (χ1v) is 5.59. The lowest BCUT2D eigenvalue weighted by atomic mass is 10.0. The van der Waals surface area contributed by atoms with Gasteiger partial charge in [-0.05, 0) is 36.2 Å². The van der Waals surface area contributed by atoms with Crippen molar-refractivity contribution in [1.82, 2.24) is 4.98 Å². The number of pyridine rings is 1. The first kappa shape index (κ1) is 13.1. The van der Waals surface area contributed by atoms with Crippen LogP contribution in [0.5, 0.6) is 0 Å². The average molecular weight is 263 g/mol. The van der Waals surface area contributed by atoms with E-state index < -0.39 is 17.6 Å². The normalized spacial score (nSPS) is 10.5. The molecule has 3 nitrogen and oxygen atoms in total. The van der Waals surface area contributed by atoms with Gasteiger partial charge in [-0.1, -0.05) is 0 Å². The van der Waals surface area contributed by atoms with Gasteiger partial charge in [-0.15, -0.1) is 0 Å². The fraction of sp³-hybridized carbons (Fsp3) is 0.143. The second kappa shape index (κ2) is 5.14. The van der Waals surface area contributed by atoms with Crippen molar-refractivity contribution in [1.29, 1.82) is 0 Å². The SMILES string of the molecule is Cc1cc(-c2cc(F)cc(F)c2)ncc1CC(=O)O. The van der Waals surface area contributed by atoms with E-state index >= 15 is 0 Å². The highest BCUT2D eigenvalue weighted by atomic mass is 19.1. The third kappa shape index (κ3) is 3.13. The van der Waals surface area contributed by atoms with Crippen LogP contribution in [0.15, 0.2) is 30.5 Å². The number of hydrogen-bond acceptors (Lipinski definition) is 2. The number of hydrogen-bond donors (Lipinski definition) is 1. The summed E-state index contributed by atoms with van der Waals surface area (Å²) in [4.78, 5) is 14.7. The van der Waals surface area contributed by atoms with Crippen LogP contribution in [0.1, 0.15) is 11.1 Å². The molecular formula is C14H11F2NO2. The fourth-order valence-corrected chi connectivity index (χ4v) is 1.79. The topological polar surface area (TPSA) is 50.2 Å². The molecule has 2 rings (SSSR count). The lowest BCUT2D eigenvalue weighted by Crippen LogP contribution is -2.03. The van der Waals surface area contributed by atoms with E-state index in [9.17, 15) is 13.6 Å². The average Bonchev–Trinajstić information content (AvgIpc) is 2.30. The maximum Gasteiger partial charge on any atom is 0.307 e. The molecule has 0 bridgehead atoms. The third-order valence-corrected chi connectivity index (χ3v) is 2.72. The predicted molar refractivity (Wildman–Crippen MR) is 65.7 cm³/mol. The minimum atomic E-state index is -0.950. The molecule has 2 aromatic rings. The van der Waals surface area contributed by atoms with E-state index in [0.29, 0.717) is 16.8 Å². The van der Waals surface area contributed by atoms with Crippen LogP contribution in [0.25, 0.3) is 11.3 Å². The molecule has 5 heteroatoms. The van der Waals surface area contributed by atoms with Gasteiger partial charge in [0.2, 0.25) is 0 Å². The number of nitrogens with zero attached hydrogens (tertiary/aromatic N) is 1. The molecule has 0 saturated heterocycles. The van der Waals surface area contributed by atoms with Crippen LogP contribution >= 0.6 is 0 Å². The summed E-state index contributed by atoms with van der Waals surface area (Å²) in [5.41, 5.74) is 2.03. The summed E-state index contributed by atoms with van der Waals surface area (Å²) >= 11 is 0. The molecule has 0 aliphatic rings. The van der Waals surface area contributed by atoms with Crippen molar-refractivity contribution in [3.63, 3.8) is 0 Å². The van der Waals surface area contributed by atoms with Crippen LogP contribution in [0.4, 0.5) is 8.78 Å². The van der Waals surface area contributed by atoms with Crippen molar-refractivity contribution in [3.8, 4) is 11.3 Å². The number of aromatic nitrogens is 1. The molecule has 98 valence electrons. The van der Waals surface area contributed by atoms with E-state index in [0.717, 1.165) is 11.6 Å². The first-order valence-electron chi connectivity index (χ1n) is 5.59. The highest BCUT2D eigenvalue weighted by Crippen LogP contribution is 2.22. The number of carbonyl (C=O) groups is 1. The molecule has 19 heavy (non-hydrogen) atoms.